The summed E-state index contributed by atoms with van der Waals surface area (Å²) >= 11 is 0. The number of amides is 2. The summed E-state index contributed by atoms with van der Waals surface area (Å²) in [6.07, 6.45) is 1.46. The first kappa shape index (κ1) is 16.1. The second-order valence-electron chi connectivity index (χ2n) is 6.36. The van der Waals surface area contributed by atoms with Gasteiger partial charge in [0, 0.05) is 11.3 Å². The van der Waals surface area contributed by atoms with Gasteiger partial charge in [0.25, 0.3) is 5.91 Å². The first-order valence-corrected chi connectivity index (χ1v) is 8.43. The van der Waals surface area contributed by atoms with Crippen molar-refractivity contribution in [2.24, 2.45) is 0 Å². The van der Waals surface area contributed by atoms with Crippen molar-refractivity contribution < 1.29 is 14.0 Å². The first-order valence-electron chi connectivity index (χ1n) is 8.43. The van der Waals surface area contributed by atoms with E-state index in [-0.39, 0.29) is 30.2 Å². The molecule has 1 aliphatic rings. The number of fused-ring (bicyclic) bond motifs is 1. The Hall–Kier alpha value is -3.34. The van der Waals surface area contributed by atoms with Gasteiger partial charge in [-0.15, -0.1) is 0 Å². The summed E-state index contributed by atoms with van der Waals surface area (Å²) in [5.74, 6) is -0.323. The van der Waals surface area contributed by atoms with Crippen molar-refractivity contribution in [1.82, 2.24) is 4.90 Å². The van der Waals surface area contributed by atoms with Gasteiger partial charge in [-0.25, -0.2) is 0 Å². The summed E-state index contributed by atoms with van der Waals surface area (Å²) < 4.78 is 5.30. The number of furan rings is 1. The van der Waals surface area contributed by atoms with Crippen LogP contribution < -0.4 is 5.32 Å². The van der Waals surface area contributed by atoms with Gasteiger partial charge in [0.05, 0.1) is 12.3 Å². The van der Waals surface area contributed by atoms with Gasteiger partial charge in [-0.3, -0.25) is 9.59 Å². The Bertz CT molecular complexity index is 949. The summed E-state index contributed by atoms with van der Waals surface area (Å²) in [5, 5.41) is 2.92. The Kier molecular flexibility index (Phi) is 4.05. The third-order valence-electron chi connectivity index (χ3n) is 4.51. The normalized spacial score (nSPS) is 16.6. The van der Waals surface area contributed by atoms with Crippen LogP contribution in [0.2, 0.25) is 0 Å². The SMILES string of the molecule is Cc1ccc2c(c1)[C@H](c1ccccc1)N(C(=O)c1ccco1)CC(=O)N2. The Morgan fingerprint density at radius 3 is 2.65 bits per heavy atom. The van der Waals surface area contributed by atoms with Crippen molar-refractivity contribution in [1.29, 1.82) is 0 Å². The van der Waals surface area contributed by atoms with Crippen molar-refractivity contribution in [2.75, 3.05) is 11.9 Å². The van der Waals surface area contributed by atoms with Gasteiger partial charge in [-0.2, -0.15) is 0 Å². The van der Waals surface area contributed by atoms with Crippen LogP contribution in [0.4, 0.5) is 5.69 Å². The molecule has 0 saturated heterocycles. The summed E-state index contributed by atoms with van der Waals surface area (Å²) in [6.45, 7) is 1.94. The molecule has 5 nitrogen and oxygen atoms in total. The average Bonchev–Trinajstić information content (AvgIpc) is 3.13. The van der Waals surface area contributed by atoms with E-state index >= 15 is 0 Å². The Balaban J connectivity index is 1.90. The van der Waals surface area contributed by atoms with Gasteiger partial charge >= 0.3 is 0 Å². The van der Waals surface area contributed by atoms with Crippen LogP contribution in [0.15, 0.2) is 71.3 Å². The van der Waals surface area contributed by atoms with E-state index in [0.29, 0.717) is 0 Å². The molecule has 26 heavy (non-hydrogen) atoms. The van der Waals surface area contributed by atoms with Crippen molar-refractivity contribution in [3.63, 3.8) is 0 Å². The molecule has 0 fully saturated rings. The number of hydrogen-bond acceptors (Lipinski definition) is 3. The topological polar surface area (TPSA) is 62.6 Å². The van der Waals surface area contributed by atoms with Gasteiger partial charge in [-0.1, -0.05) is 48.0 Å². The number of nitrogens with one attached hydrogen (secondary N) is 1. The first-order chi connectivity index (χ1) is 12.6. The number of nitrogens with zero attached hydrogens (tertiary/aromatic N) is 1. The van der Waals surface area contributed by atoms with E-state index in [2.05, 4.69) is 5.32 Å². The summed E-state index contributed by atoms with van der Waals surface area (Å²) in [5.41, 5.74) is 3.62. The van der Waals surface area contributed by atoms with Crippen LogP contribution in [0.1, 0.15) is 33.3 Å². The molecular weight excluding hydrogens is 328 g/mol. The van der Waals surface area contributed by atoms with Gasteiger partial charge in [0.1, 0.15) is 6.54 Å². The minimum atomic E-state index is -0.386. The molecular formula is C21H18N2O3. The third kappa shape index (κ3) is 2.88. The molecule has 0 unspecified atom stereocenters. The van der Waals surface area contributed by atoms with Gasteiger partial charge < -0.3 is 14.6 Å². The minimum absolute atomic E-state index is 0.0488. The van der Waals surface area contributed by atoms with E-state index < -0.39 is 0 Å². The lowest BCUT2D eigenvalue weighted by Crippen LogP contribution is -2.38. The molecule has 1 atom stereocenters. The van der Waals surface area contributed by atoms with E-state index in [4.69, 9.17) is 4.42 Å². The molecule has 0 spiro atoms. The maximum atomic E-state index is 13.1. The van der Waals surface area contributed by atoms with E-state index in [1.54, 1.807) is 17.0 Å². The molecule has 1 aliphatic heterocycles. The van der Waals surface area contributed by atoms with Crippen molar-refractivity contribution in [3.05, 3.63) is 89.4 Å². The molecule has 0 aliphatic carbocycles. The molecule has 5 heteroatoms. The highest BCUT2D eigenvalue weighted by Gasteiger charge is 2.34. The number of carbonyl (C=O) groups excluding carboxylic acids is 2. The fourth-order valence-corrected chi connectivity index (χ4v) is 3.35. The highest BCUT2D eigenvalue weighted by Crippen LogP contribution is 2.37. The molecule has 2 heterocycles. The van der Waals surface area contributed by atoms with Gasteiger partial charge in [0.2, 0.25) is 5.91 Å². The molecule has 0 radical (unpaired) electrons. The fourth-order valence-electron chi connectivity index (χ4n) is 3.35. The van der Waals surface area contributed by atoms with Gasteiger partial charge in [-0.05, 0) is 30.7 Å². The second kappa shape index (κ2) is 6.52. The zero-order chi connectivity index (χ0) is 18.1. The smallest absolute Gasteiger partial charge is 0.290 e. The molecule has 1 aromatic heterocycles. The standard InChI is InChI=1S/C21H18N2O3/c1-14-9-10-17-16(12-14)20(15-6-3-2-4-7-15)23(13-19(24)22-17)21(25)18-8-5-11-26-18/h2-12,20H,13H2,1H3,(H,22,24)/t20-/m0/s1. The number of hydrogen-bond donors (Lipinski definition) is 1. The number of anilines is 1. The number of carbonyl (C=O) groups is 2. The van der Waals surface area contributed by atoms with Crippen LogP contribution in [0.3, 0.4) is 0 Å². The van der Waals surface area contributed by atoms with E-state index in [0.717, 1.165) is 22.4 Å². The number of aryl methyl sites for hydroxylation is 1. The van der Waals surface area contributed by atoms with Crippen molar-refractivity contribution in [3.8, 4) is 0 Å². The monoisotopic (exact) mass is 346 g/mol. The number of benzene rings is 2. The lowest BCUT2D eigenvalue weighted by atomic mass is 9.94. The highest BCUT2D eigenvalue weighted by molar-refractivity contribution is 6.00. The Morgan fingerprint density at radius 1 is 1.12 bits per heavy atom. The summed E-state index contributed by atoms with van der Waals surface area (Å²) in [7, 11) is 0. The maximum absolute atomic E-state index is 13.1. The van der Waals surface area contributed by atoms with Crippen molar-refractivity contribution in [2.45, 2.75) is 13.0 Å². The second-order valence-corrected chi connectivity index (χ2v) is 6.36. The quantitative estimate of drug-likeness (QED) is 0.768. The molecule has 2 amide bonds. The van der Waals surface area contributed by atoms with Crippen LogP contribution in [-0.2, 0) is 4.79 Å². The maximum Gasteiger partial charge on any atom is 0.290 e. The van der Waals surface area contributed by atoms with E-state index in [1.165, 1.54) is 6.26 Å². The summed E-state index contributed by atoms with van der Waals surface area (Å²) in [4.78, 5) is 27.1. The van der Waals surface area contributed by atoms with Crippen LogP contribution >= 0.6 is 0 Å². The predicted molar refractivity (Wildman–Crippen MR) is 97.8 cm³/mol. The summed E-state index contributed by atoms with van der Waals surface area (Å²) in [6, 6.07) is 18.5. The third-order valence-corrected chi connectivity index (χ3v) is 4.51. The molecule has 0 bridgehead atoms. The molecule has 130 valence electrons. The molecule has 3 aromatic rings. The van der Waals surface area contributed by atoms with Crippen LogP contribution in [-0.4, -0.2) is 23.3 Å². The fraction of sp³-hybridized carbons (Fsp3) is 0.143. The lowest BCUT2D eigenvalue weighted by molar-refractivity contribution is -0.117. The predicted octanol–water partition coefficient (Wildman–Crippen LogP) is 3.77. The highest BCUT2D eigenvalue weighted by atomic mass is 16.3. The van der Waals surface area contributed by atoms with Gasteiger partial charge in [0.15, 0.2) is 5.76 Å². The molecule has 1 N–H and O–H groups in total. The molecule has 4 rings (SSSR count). The largest absolute Gasteiger partial charge is 0.459 e. The zero-order valence-electron chi connectivity index (χ0n) is 14.3. The van der Waals surface area contributed by atoms with Crippen LogP contribution in [0.5, 0.6) is 0 Å². The van der Waals surface area contributed by atoms with E-state index in [9.17, 15) is 9.59 Å². The number of rotatable bonds is 2. The van der Waals surface area contributed by atoms with E-state index in [1.807, 2.05) is 55.5 Å². The minimum Gasteiger partial charge on any atom is -0.459 e. The zero-order valence-corrected chi connectivity index (χ0v) is 14.3. The molecule has 2 aromatic carbocycles. The van der Waals surface area contributed by atoms with Crippen LogP contribution in [0.25, 0.3) is 0 Å². The molecule has 0 saturated carbocycles. The Labute approximate surface area is 151 Å². The Morgan fingerprint density at radius 2 is 1.92 bits per heavy atom. The lowest BCUT2D eigenvalue weighted by Gasteiger charge is -2.30. The average molecular weight is 346 g/mol. The van der Waals surface area contributed by atoms with Crippen LogP contribution in [0, 0.1) is 6.92 Å². The van der Waals surface area contributed by atoms with Crippen molar-refractivity contribution >= 4 is 17.5 Å².